The van der Waals surface area contributed by atoms with Crippen molar-refractivity contribution in [1.29, 1.82) is 0 Å². The first-order chi connectivity index (χ1) is 12.0. The Bertz CT molecular complexity index is 801. The molecular weight excluding hydrogens is 318 g/mol. The molecule has 5 nitrogen and oxygen atoms in total. The van der Waals surface area contributed by atoms with Gasteiger partial charge in [0.15, 0.2) is 6.61 Å². The predicted octanol–water partition coefficient (Wildman–Crippen LogP) is 3.01. The summed E-state index contributed by atoms with van der Waals surface area (Å²) in [6.07, 6.45) is 0.866. The van der Waals surface area contributed by atoms with Gasteiger partial charge in [-0.3, -0.25) is 9.59 Å². The predicted molar refractivity (Wildman–Crippen MR) is 95.2 cm³/mol. The molecule has 0 aromatic heterocycles. The van der Waals surface area contributed by atoms with Gasteiger partial charge in [0, 0.05) is 13.6 Å². The van der Waals surface area contributed by atoms with Gasteiger partial charge in [0.05, 0.1) is 13.0 Å². The summed E-state index contributed by atoms with van der Waals surface area (Å²) >= 11 is 0. The maximum atomic E-state index is 12.2. The summed E-state index contributed by atoms with van der Waals surface area (Å²) in [6, 6.07) is 11.9. The Morgan fingerprint density at radius 2 is 1.84 bits per heavy atom. The van der Waals surface area contributed by atoms with Crippen molar-refractivity contribution < 1.29 is 19.1 Å². The van der Waals surface area contributed by atoms with E-state index in [1.165, 1.54) is 0 Å². The minimum absolute atomic E-state index is 0.0180. The lowest BCUT2D eigenvalue weighted by atomic mass is 10.1. The number of hydrogen-bond donors (Lipinski definition) is 0. The monoisotopic (exact) mass is 341 g/mol. The minimum atomic E-state index is -0.256. The number of rotatable bonds is 6. The number of carbonyl (C=O) groups is 2. The largest absolute Gasteiger partial charge is 0.497 e. The van der Waals surface area contributed by atoms with Crippen molar-refractivity contribution in [3.05, 3.63) is 42.0 Å². The maximum Gasteiger partial charge on any atom is 0.309 e. The van der Waals surface area contributed by atoms with Gasteiger partial charge in [-0.25, -0.2) is 0 Å². The SMILES string of the molecule is COc1ccc2cc(CN(C)C(=O)COC(=O)[C@@H]3C[C@@H]3C)ccc2c1. The minimum Gasteiger partial charge on any atom is -0.497 e. The van der Waals surface area contributed by atoms with E-state index in [1.807, 2.05) is 37.3 Å². The number of amides is 1. The molecule has 0 saturated heterocycles. The van der Waals surface area contributed by atoms with Gasteiger partial charge in [-0.1, -0.05) is 25.1 Å². The summed E-state index contributed by atoms with van der Waals surface area (Å²) in [4.78, 5) is 25.4. The van der Waals surface area contributed by atoms with Crippen LogP contribution in [0.2, 0.25) is 0 Å². The van der Waals surface area contributed by atoms with Crippen LogP contribution >= 0.6 is 0 Å². The molecule has 1 aliphatic carbocycles. The van der Waals surface area contributed by atoms with Crippen LogP contribution in [0.3, 0.4) is 0 Å². The summed E-state index contributed by atoms with van der Waals surface area (Å²) in [5.41, 5.74) is 1.02. The van der Waals surface area contributed by atoms with Crippen LogP contribution in [0.1, 0.15) is 18.9 Å². The van der Waals surface area contributed by atoms with Crippen LogP contribution in [-0.2, 0) is 20.9 Å². The van der Waals surface area contributed by atoms with E-state index in [1.54, 1.807) is 19.1 Å². The van der Waals surface area contributed by atoms with Gasteiger partial charge in [0.2, 0.25) is 0 Å². The lowest BCUT2D eigenvalue weighted by Crippen LogP contribution is -2.31. The Morgan fingerprint density at radius 1 is 1.16 bits per heavy atom. The van der Waals surface area contributed by atoms with Gasteiger partial charge in [0.1, 0.15) is 5.75 Å². The standard InChI is InChI=1S/C20H23NO4/c1-13-8-18(13)20(23)25-12-19(22)21(2)11-14-4-5-16-10-17(24-3)7-6-15(16)9-14/h4-7,9-10,13,18H,8,11-12H2,1-3H3/t13-,18+/m0/s1. The molecule has 25 heavy (non-hydrogen) atoms. The number of ether oxygens (including phenoxy) is 2. The van der Waals surface area contributed by atoms with Gasteiger partial charge in [0.25, 0.3) is 5.91 Å². The second-order valence-electron chi connectivity index (χ2n) is 6.72. The van der Waals surface area contributed by atoms with Crippen LogP contribution in [0.15, 0.2) is 36.4 Å². The first-order valence-electron chi connectivity index (χ1n) is 8.45. The molecule has 132 valence electrons. The number of carbonyl (C=O) groups excluding carboxylic acids is 2. The molecule has 2 atom stereocenters. The number of methoxy groups -OCH3 is 1. The number of nitrogens with zero attached hydrogens (tertiary/aromatic N) is 1. The molecule has 0 heterocycles. The first kappa shape index (κ1) is 17.3. The Kier molecular flexibility index (Phi) is 4.93. The summed E-state index contributed by atoms with van der Waals surface area (Å²) < 4.78 is 10.3. The second-order valence-corrected chi connectivity index (χ2v) is 6.72. The average Bonchev–Trinajstić information content (AvgIpc) is 3.35. The van der Waals surface area contributed by atoms with E-state index in [9.17, 15) is 9.59 Å². The zero-order valence-corrected chi connectivity index (χ0v) is 14.8. The van der Waals surface area contributed by atoms with Gasteiger partial charge in [-0.2, -0.15) is 0 Å². The fraction of sp³-hybridized carbons (Fsp3) is 0.400. The number of fused-ring (bicyclic) bond motifs is 1. The molecule has 0 unspecified atom stereocenters. The van der Waals surface area contributed by atoms with E-state index in [0.717, 1.165) is 28.5 Å². The summed E-state index contributed by atoms with van der Waals surface area (Å²) in [5, 5.41) is 2.18. The number of hydrogen-bond acceptors (Lipinski definition) is 4. The summed E-state index contributed by atoms with van der Waals surface area (Å²) in [6.45, 7) is 2.29. The molecule has 0 spiro atoms. The van der Waals surface area contributed by atoms with Crippen molar-refractivity contribution >= 4 is 22.6 Å². The third kappa shape index (κ3) is 4.10. The topological polar surface area (TPSA) is 55.8 Å². The van der Waals surface area contributed by atoms with Gasteiger partial charge >= 0.3 is 5.97 Å². The third-order valence-corrected chi connectivity index (χ3v) is 4.71. The van der Waals surface area contributed by atoms with Crippen molar-refractivity contribution in [3.8, 4) is 5.75 Å². The van der Waals surface area contributed by atoms with Crippen molar-refractivity contribution in [2.75, 3.05) is 20.8 Å². The molecular formula is C20H23NO4. The number of esters is 1. The molecule has 1 aliphatic rings. The molecule has 1 saturated carbocycles. The fourth-order valence-electron chi connectivity index (χ4n) is 2.86. The number of benzene rings is 2. The van der Waals surface area contributed by atoms with Gasteiger partial charge in [-0.05, 0) is 46.9 Å². The first-order valence-corrected chi connectivity index (χ1v) is 8.45. The van der Waals surface area contributed by atoms with Crippen LogP contribution in [0.5, 0.6) is 5.75 Å². The molecule has 0 bridgehead atoms. The van der Waals surface area contributed by atoms with E-state index in [4.69, 9.17) is 9.47 Å². The molecule has 5 heteroatoms. The summed E-state index contributed by atoms with van der Waals surface area (Å²) in [5.74, 6) is 0.733. The molecule has 1 fully saturated rings. The zero-order valence-electron chi connectivity index (χ0n) is 14.8. The molecule has 0 radical (unpaired) electrons. The quantitative estimate of drug-likeness (QED) is 0.758. The maximum absolute atomic E-state index is 12.2. The van der Waals surface area contributed by atoms with E-state index in [-0.39, 0.29) is 24.4 Å². The van der Waals surface area contributed by atoms with E-state index in [0.29, 0.717) is 12.5 Å². The normalized spacial score (nSPS) is 18.7. The average molecular weight is 341 g/mol. The second kappa shape index (κ2) is 7.13. The molecule has 0 aliphatic heterocycles. The van der Waals surface area contributed by atoms with Gasteiger partial charge < -0.3 is 14.4 Å². The summed E-state index contributed by atoms with van der Waals surface area (Å²) in [7, 11) is 3.36. The Balaban J connectivity index is 1.58. The van der Waals surface area contributed by atoms with Crippen molar-refractivity contribution in [2.24, 2.45) is 11.8 Å². The highest BCUT2D eigenvalue weighted by Crippen LogP contribution is 2.38. The lowest BCUT2D eigenvalue weighted by Gasteiger charge is -2.17. The lowest BCUT2D eigenvalue weighted by molar-refractivity contribution is -0.153. The number of likely N-dealkylation sites (N-methyl/N-ethyl adjacent to an activating group) is 1. The molecule has 2 aromatic rings. The molecule has 2 aromatic carbocycles. The Labute approximate surface area is 147 Å². The van der Waals surface area contributed by atoms with Gasteiger partial charge in [-0.15, -0.1) is 0 Å². The molecule has 1 amide bonds. The van der Waals surface area contributed by atoms with Crippen molar-refractivity contribution in [3.63, 3.8) is 0 Å². The van der Waals surface area contributed by atoms with Crippen LogP contribution in [0.25, 0.3) is 10.8 Å². The molecule has 0 N–H and O–H groups in total. The Morgan fingerprint density at radius 3 is 2.52 bits per heavy atom. The molecule has 3 rings (SSSR count). The third-order valence-electron chi connectivity index (χ3n) is 4.71. The zero-order chi connectivity index (χ0) is 18.0. The van der Waals surface area contributed by atoms with E-state index < -0.39 is 0 Å². The van der Waals surface area contributed by atoms with Crippen molar-refractivity contribution in [1.82, 2.24) is 4.90 Å². The highest BCUT2D eigenvalue weighted by molar-refractivity contribution is 5.85. The van der Waals surface area contributed by atoms with Crippen LogP contribution in [0.4, 0.5) is 0 Å². The highest BCUT2D eigenvalue weighted by Gasteiger charge is 2.40. The van der Waals surface area contributed by atoms with Crippen LogP contribution < -0.4 is 4.74 Å². The fourth-order valence-corrected chi connectivity index (χ4v) is 2.86. The van der Waals surface area contributed by atoms with E-state index in [2.05, 4.69) is 6.07 Å². The Hall–Kier alpha value is -2.56. The smallest absolute Gasteiger partial charge is 0.309 e. The highest BCUT2D eigenvalue weighted by atomic mass is 16.5. The van der Waals surface area contributed by atoms with Crippen LogP contribution in [0, 0.1) is 11.8 Å². The van der Waals surface area contributed by atoms with E-state index >= 15 is 0 Å². The van der Waals surface area contributed by atoms with Crippen molar-refractivity contribution in [2.45, 2.75) is 19.9 Å². The van der Waals surface area contributed by atoms with Crippen LogP contribution in [-0.4, -0.2) is 37.5 Å².